The van der Waals surface area contributed by atoms with Crippen molar-refractivity contribution in [2.75, 3.05) is 18.5 Å². The number of hydrogen-bond donors (Lipinski definition) is 5. The Kier molecular flexibility index (Phi) is 5.27. The highest BCUT2D eigenvalue weighted by Crippen LogP contribution is 2.48. The predicted octanol–water partition coefficient (Wildman–Crippen LogP) is 2.07. The smallest absolute Gasteiger partial charge is 0.395 e. The van der Waals surface area contributed by atoms with Crippen LogP contribution in [0.2, 0.25) is 0 Å². The summed E-state index contributed by atoms with van der Waals surface area (Å²) in [6, 6.07) is 13.1. The van der Waals surface area contributed by atoms with E-state index in [1.807, 2.05) is 30.3 Å². The fourth-order valence-corrected chi connectivity index (χ4v) is 4.08. The molecule has 1 aliphatic carbocycles. The number of hydrazone groups is 1. The number of hydrogen-bond acceptors (Lipinski definition) is 6. The number of aliphatic hydroxyl groups excluding tert-OH is 1. The Labute approximate surface area is 188 Å². The molecule has 0 spiro atoms. The molecule has 168 valence electrons. The Morgan fingerprint density at radius 1 is 1.21 bits per heavy atom. The van der Waals surface area contributed by atoms with E-state index in [1.54, 1.807) is 12.1 Å². The number of anilines is 1. The molecular weight excluding hydrogens is 426 g/mol. The molecule has 1 aromatic heterocycles. The molecule has 1 saturated carbocycles. The lowest BCUT2D eigenvalue weighted by molar-refractivity contribution is -0.117. The monoisotopic (exact) mass is 447 g/mol. The summed E-state index contributed by atoms with van der Waals surface area (Å²) >= 11 is 0. The lowest BCUT2D eigenvalue weighted by atomic mass is 10.0. The molecule has 2 aromatic carbocycles. The van der Waals surface area contributed by atoms with E-state index < -0.39 is 12.0 Å². The second kappa shape index (κ2) is 8.40. The summed E-state index contributed by atoms with van der Waals surface area (Å²) in [5, 5.41) is 18.6. The molecule has 5 rings (SSSR count). The van der Waals surface area contributed by atoms with Gasteiger partial charge in [-0.3, -0.25) is 9.59 Å². The van der Waals surface area contributed by atoms with Crippen molar-refractivity contribution in [2.24, 2.45) is 11.0 Å². The van der Waals surface area contributed by atoms with E-state index in [4.69, 9.17) is 9.84 Å². The largest absolute Gasteiger partial charge is 0.413 e. The Balaban J connectivity index is 1.42. The van der Waals surface area contributed by atoms with Crippen LogP contribution >= 0.6 is 0 Å². The number of aliphatic hydroxyl groups is 1. The first kappa shape index (κ1) is 20.7. The molecule has 1 aliphatic heterocycles. The minimum Gasteiger partial charge on any atom is -0.395 e. The maximum atomic E-state index is 12.8. The number of aromatic nitrogens is 1. The number of carbonyl (C=O) groups excluding carboxylic acids is 3. The maximum absolute atomic E-state index is 12.8. The summed E-state index contributed by atoms with van der Waals surface area (Å²) in [7, 11) is 0. The molecule has 5 N–H and O–H groups in total. The third-order valence-corrected chi connectivity index (χ3v) is 5.70. The summed E-state index contributed by atoms with van der Waals surface area (Å²) in [5.41, 5.74) is 5.19. The van der Waals surface area contributed by atoms with Crippen LogP contribution in [-0.2, 0) is 4.79 Å². The van der Waals surface area contributed by atoms with Crippen LogP contribution in [-0.4, -0.2) is 47.4 Å². The molecule has 3 amide bonds. The van der Waals surface area contributed by atoms with Crippen molar-refractivity contribution in [3.63, 3.8) is 0 Å². The lowest BCUT2D eigenvalue weighted by Crippen LogP contribution is -2.29. The van der Waals surface area contributed by atoms with E-state index >= 15 is 0 Å². The molecule has 2 aliphatic rings. The molecule has 10 heteroatoms. The average Bonchev–Trinajstić information content (AvgIpc) is 3.57. The van der Waals surface area contributed by atoms with Gasteiger partial charge in [-0.2, -0.15) is 5.10 Å². The van der Waals surface area contributed by atoms with Gasteiger partial charge >= 0.3 is 6.09 Å². The predicted molar refractivity (Wildman–Crippen MR) is 120 cm³/mol. The number of amides is 3. The maximum Gasteiger partial charge on any atom is 0.413 e. The fourth-order valence-electron chi connectivity index (χ4n) is 4.08. The SMILES string of the molecule is O=C(NCCO)Oc1[nH]c2cc(NC(=O)[C@@H]3C[C@H]3c3ccccc3)cc3c2c1C=NNC3=O. The molecule has 0 bridgehead atoms. The molecule has 2 heterocycles. The number of rotatable bonds is 6. The van der Waals surface area contributed by atoms with Crippen molar-refractivity contribution in [3.8, 4) is 5.88 Å². The van der Waals surface area contributed by atoms with Gasteiger partial charge in [-0.25, -0.2) is 10.2 Å². The van der Waals surface area contributed by atoms with Crippen LogP contribution in [0.25, 0.3) is 10.9 Å². The molecule has 2 atom stereocenters. The molecular formula is C23H21N5O5. The van der Waals surface area contributed by atoms with Gasteiger partial charge in [0.25, 0.3) is 5.91 Å². The van der Waals surface area contributed by atoms with Crippen LogP contribution in [0.4, 0.5) is 10.5 Å². The first-order chi connectivity index (χ1) is 16.0. The van der Waals surface area contributed by atoms with E-state index in [9.17, 15) is 14.4 Å². The average molecular weight is 447 g/mol. The van der Waals surface area contributed by atoms with E-state index in [-0.39, 0.29) is 42.3 Å². The molecule has 3 aromatic rings. The zero-order valence-corrected chi connectivity index (χ0v) is 17.4. The Bertz CT molecular complexity index is 1280. The van der Waals surface area contributed by atoms with E-state index in [0.717, 1.165) is 12.0 Å². The molecule has 0 unspecified atom stereocenters. The van der Waals surface area contributed by atoms with Crippen molar-refractivity contribution in [3.05, 3.63) is 59.2 Å². The van der Waals surface area contributed by atoms with Gasteiger partial charge < -0.3 is 25.5 Å². The molecule has 0 saturated heterocycles. The first-order valence-electron chi connectivity index (χ1n) is 10.5. The molecule has 0 radical (unpaired) electrons. The fraction of sp³-hybridized carbons (Fsp3) is 0.217. The third kappa shape index (κ3) is 4.03. The number of ether oxygens (including phenoxy) is 1. The van der Waals surface area contributed by atoms with Crippen molar-refractivity contribution in [2.45, 2.75) is 12.3 Å². The van der Waals surface area contributed by atoms with Gasteiger partial charge in [0, 0.05) is 23.5 Å². The number of carbonyl (C=O) groups is 3. The zero-order chi connectivity index (χ0) is 22.9. The van der Waals surface area contributed by atoms with Gasteiger partial charge in [-0.05, 0) is 30.0 Å². The summed E-state index contributed by atoms with van der Waals surface area (Å²) in [4.78, 5) is 40.4. The van der Waals surface area contributed by atoms with Crippen molar-refractivity contribution >= 4 is 40.7 Å². The van der Waals surface area contributed by atoms with Crippen molar-refractivity contribution in [1.82, 2.24) is 15.7 Å². The highest BCUT2D eigenvalue weighted by atomic mass is 16.6. The van der Waals surface area contributed by atoms with Crippen LogP contribution in [0.3, 0.4) is 0 Å². The van der Waals surface area contributed by atoms with Gasteiger partial charge in [-0.1, -0.05) is 30.3 Å². The highest BCUT2D eigenvalue weighted by Gasteiger charge is 2.43. The van der Waals surface area contributed by atoms with E-state index in [2.05, 4.69) is 26.1 Å². The molecule has 33 heavy (non-hydrogen) atoms. The van der Waals surface area contributed by atoms with Gasteiger partial charge in [0.05, 0.1) is 29.5 Å². The van der Waals surface area contributed by atoms with Crippen LogP contribution < -0.4 is 20.8 Å². The lowest BCUT2D eigenvalue weighted by Gasteiger charge is -2.08. The van der Waals surface area contributed by atoms with Gasteiger partial charge in [0.1, 0.15) is 0 Å². The number of nitrogens with one attached hydrogen (secondary N) is 4. The van der Waals surface area contributed by atoms with Crippen molar-refractivity contribution in [1.29, 1.82) is 0 Å². The Morgan fingerprint density at radius 2 is 2.03 bits per heavy atom. The van der Waals surface area contributed by atoms with E-state index in [0.29, 0.717) is 22.2 Å². The zero-order valence-electron chi connectivity index (χ0n) is 17.4. The van der Waals surface area contributed by atoms with E-state index in [1.165, 1.54) is 6.21 Å². The van der Waals surface area contributed by atoms with Crippen LogP contribution in [0.5, 0.6) is 5.88 Å². The second-order valence-electron chi connectivity index (χ2n) is 7.90. The van der Waals surface area contributed by atoms with Crippen molar-refractivity contribution < 1.29 is 24.2 Å². The Hall–Kier alpha value is -4.18. The summed E-state index contributed by atoms with van der Waals surface area (Å²) < 4.78 is 5.30. The first-order valence-corrected chi connectivity index (χ1v) is 10.5. The van der Waals surface area contributed by atoms with Crippen LogP contribution in [0.15, 0.2) is 47.6 Å². The third-order valence-electron chi connectivity index (χ3n) is 5.70. The second-order valence-corrected chi connectivity index (χ2v) is 7.90. The molecule has 10 nitrogen and oxygen atoms in total. The quantitative estimate of drug-likeness (QED) is 0.393. The summed E-state index contributed by atoms with van der Waals surface area (Å²) in [5.74, 6) is -0.422. The number of H-pyrrole nitrogens is 1. The topological polar surface area (TPSA) is 145 Å². The Morgan fingerprint density at radius 3 is 2.82 bits per heavy atom. The van der Waals surface area contributed by atoms with Crippen LogP contribution in [0.1, 0.15) is 33.8 Å². The highest BCUT2D eigenvalue weighted by molar-refractivity contribution is 6.17. The van der Waals surface area contributed by atoms with Gasteiger partial charge in [0.15, 0.2) is 0 Å². The molecule has 1 fully saturated rings. The summed E-state index contributed by atoms with van der Waals surface area (Å²) in [6.07, 6.45) is 1.39. The van der Waals surface area contributed by atoms with Crippen LogP contribution in [0, 0.1) is 5.92 Å². The van der Waals surface area contributed by atoms with Gasteiger partial charge in [-0.15, -0.1) is 0 Å². The minimum absolute atomic E-state index is 0.0368. The number of benzene rings is 2. The minimum atomic E-state index is -0.764. The summed E-state index contributed by atoms with van der Waals surface area (Å²) in [6.45, 7) is -0.192. The van der Waals surface area contributed by atoms with Gasteiger partial charge in [0.2, 0.25) is 11.8 Å². The number of aromatic amines is 1. The standard InChI is InChI=1S/C23H21N5O5/c29-7-6-24-23(32)33-22-17-11-25-28-21(31)16-8-13(9-18(27-22)19(16)17)26-20(30)15-10-14(15)12-4-2-1-3-5-12/h1-5,8-9,11,14-15,27,29H,6-7,10H2,(H,24,32)(H,26,30)(H,28,31)/t14-,15+/m0/s1. The number of nitrogens with zero attached hydrogens (tertiary/aromatic N) is 1. The normalized spacial score (nSPS) is 18.4.